The summed E-state index contributed by atoms with van der Waals surface area (Å²) < 4.78 is 0. The first kappa shape index (κ1) is 6.91. The Kier molecular flexibility index (Phi) is 1.55. The van der Waals surface area contributed by atoms with Gasteiger partial charge < -0.3 is 0 Å². The zero-order chi connectivity index (χ0) is 8.39. The van der Waals surface area contributed by atoms with Crippen LogP contribution in [-0.4, -0.2) is 16.3 Å². The smallest absolute Gasteiger partial charge is 0.168 e. The van der Waals surface area contributed by atoms with Gasteiger partial charge in [-0.2, -0.15) is 0 Å². The van der Waals surface area contributed by atoms with Gasteiger partial charge in [0.15, 0.2) is 6.29 Å². The average Bonchev–Trinajstić information content (AvgIpc) is 2.37. The Morgan fingerprint density at radius 2 is 2.33 bits per heavy atom. The van der Waals surface area contributed by atoms with E-state index < -0.39 is 0 Å². The third kappa shape index (κ3) is 1.05. The molecule has 12 heavy (non-hydrogen) atoms. The van der Waals surface area contributed by atoms with Crippen LogP contribution in [0, 0.1) is 0 Å². The van der Waals surface area contributed by atoms with E-state index in [1.54, 1.807) is 24.5 Å². The van der Waals surface area contributed by atoms with E-state index >= 15 is 0 Å². The Hall–Kier alpha value is -1.77. The Morgan fingerprint density at radius 3 is 3.17 bits per heavy atom. The third-order valence-corrected chi connectivity index (χ3v) is 1.61. The number of aldehydes is 1. The first-order chi connectivity index (χ1) is 5.90. The molecule has 0 amide bonds. The zero-order valence-electron chi connectivity index (χ0n) is 6.27. The molecule has 0 aromatic heterocycles. The van der Waals surface area contributed by atoms with Crippen LogP contribution in [0.3, 0.4) is 0 Å². The van der Waals surface area contributed by atoms with Gasteiger partial charge in [0.05, 0.1) is 5.69 Å². The summed E-state index contributed by atoms with van der Waals surface area (Å²) in [5.41, 5.74) is 2.15. The summed E-state index contributed by atoms with van der Waals surface area (Å²) in [7, 11) is 0. The lowest BCUT2D eigenvalue weighted by atomic mass is 10.2. The molecule has 0 aromatic rings. The van der Waals surface area contributed by atoms with Crippen LogP contribution in [0.2, 0.25) is 0 Å². The molecule has 0 N–H and O–H groups in total. The van der Waals surface area contributed by atoms with Crippen LogP contribution < -0.4 is 0 Å². The Balaban J connectivity index is 2.68. The molecule has 2 heterocycles. The van der Waals surface area contributed by atoms with Crippen LogP contribution in [0.1, 0.15) is 10.5 Å². The molecule has 0 saturated heterocycles. The first-order valence-electron chi connectivity index (χ1n) is 3.56. The van der Waals surface area contributed by atoms with Gasteiger partial charge in [-0.05, 0) is 18.2 Å². The van der Waals surface area contributed by atoms with Crippen molar-refractivity contribution in [2.24, 2.45) is 0 Å². The van der Waals surface area contributed by atoms with Crippen molar-refractivity contribution in [1.29, 1.82) is 0 Å². The minimum absolute atomic E-state index is 0.456. The van der Waals surface area contributed by atoms with Crippen LogP contribution in [0.25, 0.3) is 11.3 Å². The number of carbonyl (C=O) groups excluding carboxylic acids is 1. The zero-order valence-corrected chi connectivity index (χ0v) is 6.27. The SMILES string of the molecule is O=Cc1cc2cncccc-2n1. The molecule has 0 spiro atoms. The van der Waals surface area contributed by atoms with Crippen LogP contribution in [0.5, 0.6) is 0 Å². The van der Waals surface area contributed by atoms with E-state index in [2.05, 4.69) is 9.97 Å². The quantitative estimate of drug-likeness (QED) is 0.589. The number of carbonyl (C=O) groups is 1. The Labute approximate surface area is 69.4 Å². The van der Waals surface area contributed by atoms with Gasteiger partial charge in [0.1, 0.15) is 5.69 Å². The molecule has 3 nitrogen and oxygen atoms in total. The lowest BCUT2D eigenvalue weighted by molar-refractivity contribution is 0.111. The van der Waals surface area contributed by atoms with E-state index in [-0.39, 0.29) is 0 Å². The fraction of sp³-hybridized carbons (Fsp3) is 0. The topological polar surface area (TPSA) is 42.9 Å². The predicted molar refractivity (Wildman–Crippen MR) is 44.0 cm³/mol. The number of fused-ring (bicyclic) bond motifs is 1. The Morgan fingerprint density at radius 1 is 1.42 bits per heavy atom. The van der Waals surface area contributed by atoms with Crippen LogP contribution >= 0.6 is 0 Å². The second-order valence-electron chi connectivity index (χ2n) is 2.43. The van der Waals surface area contributed by atoms with E-state index in [0.29, 0.717) is 5.69 Å². The summed E-state index contributed by atoms with van der Waals surface area (Å²) in [6.07, 6.45) is 4.11. The molecular formula is C9H6N2O. The van der Waals surface area contributed by atoms with Crippen LogP contribution in [0.4, 0.5) is 0 Å². The molecule has 3 heteroatoms. The lowest BCUT2D eigenvalue weighted by Crippen LogP contribution is -1.74. The van der Waals surface area contributed by atoms with Crippen molar-refractivity contribution in [3.63, 3.8) is 0 Å². The van der Waals surface area contributed by atoms with Crippen molar-refractivity contribution in [3.8, 4) is 11.3 Å². The van der Waals surface area contributed by atoms with Crippen molar-refractivity contribution >= 4 is 6.29 Å². The summed E-state index contributed by atoms with van der Waals surface area (Å²) in [6, 6.07) is 5.34. The highest BCUT2D eigenvalue weighted by Crippen LogP contribution is 2.18. The summed E-state index contributed by atoms with van der Waals surface area (Å²) in [6.45, 7) is 0. The maximum Gasteiger partial charge on any atom is 0.168 e. The van der Waals surface area contributed by atoms with Crippen LogP contribution in [-0.2, 0) is 0 Å². The van der Waals surface area contributed by atoms with Crippen molar-refractivity contribution in [1.82, 2.24) is 9.97 Å². The highest BCUT2D eigenvalue weighted by Gasteiger charge is 2.04. The molecule has 2 aliphatic heterocycles. The second-order valence-corrected chi connectivity index (χ2v) is 2.43. The van der Waals surface area contributed by atoms with Crippen molar-refractivity contribution in [2.45, 2.75) is 0 Å². The minimum Gasteiger partial charge on any atom is -0.296 e. The molecule has 2 aliphatic rings. The van der Waals surface area contributed by atoms with Gasteiger partial charge in [0, 0.05) is 18.0 Å². The largest absolute Gasteiger partial charge is 0.296 e. The molecule has 0 saturated carbocycles. The third-order valence-electron chi connectivity index (χ3n) is 1.61. The van der Waals surface area contributed by atoms with E-state index in [1.165, 1.54) is 0 Å². The number of hydrogen-bond acceptors (Lipinski definition) is 3. The van der Waals surface area contributed by atoms with Gasteiger partial charge in [-0.1, -0.05) is 0 Å². The highest BCUT2D eigenvalue weighted by molar-refractivity contribution is 5.78. The molecule has 0 fully saturated rings. The number of nitrogens with zero attached hydrogens (tertiary/aromatic N) is 2. The molecule has 0 aliphatic carbocycles. The van der Waals surface area contributed by atoms with Gasteiger partial charge in [-0.25, -0.2) is 4.98 Å². The molecule has 0 bridgehead atoms. The molecule has 0 aromatic carbocycles. The second kappa shape index (κ2) is 2.70. The molecule has 0 unspecified atom stereocenters. The average molecular weight is 158 g/mol. The molecule has 2 rings (SSSR count). The van der Waals surface area contributed by atoms with E-state index in [9.17, 15) is 4.79 Å². The highest BCUT2D eigenvalue weighted by atomic mass is 16.1. The number of hydrogen-bond donors (Lipinski definition) is 0. The van der Waals surface area contributed by atoms with Gasteiger partial charge in [0.2, 0.25) is 0 Å². The fourth-order valence-electron chi connectivity index (χ4n) is 1.07. The standard InChI is InChI=1S/C9H6N2O/c12-6-8-4-7-5-10-3-1-2-9(7)11-8/h1-6H. The first-order valence-corrected chi connectivity index (χ1v) is 3.56. The van der Waals surface area contributed by atoms with Gasteiger partial charge in [-0.15, -0.1) is 0 Å². The molecule has 0 radical (unpaired) electrons. The van der Waals surface area contributed by atoms with Gasteiger partial charge in [-0.3, -0.25) is 9.78 Å². The van der Waals surface area contributed by atoms with E-state index in [0.717, 1.165) is 17.5 Å². The molecular weight excluding hydrogens is 152 g/mol. The summed E-state index contributed by atoms with van der Waals surface area (Å²) in [5.74, 6) is 0. The molecule has 58 valence electrons. The predicted octanol–water partition coefficient (Wildman–Crippen LogP) is 1.39. The van der Waals surface area contributed by atoms with Crippen LogP contribution in [0.15, 0.2) is 30.6 Å². The fourth-order valence-corrected chi connectivity index (χ4v) is 1.07. The van der Waals surface area contributed by atoms with E-state index in [4.69, 9.17) is 0 Å². The lowest BCUT2D eigenvalue weighted by Gasteiger charge is -1.82. The molecule has 0 atom stereocenters. The normalized spacial score (nSPS) is 10.0. The minimum atomic E-state index is 0.456. The monoisotopic (exact) mass is 158 g/mol. The van der Waals surface area contributed by atoms with Gasteiger partial charge >= 0.3 is 0 Å². The number of rotatable bonds is 1. The summed E-state index contributed by atoms with van der Waals surface area (Å²) >= 11 is 0. The van der Waals surface area contributed by atoms with Crippen molar-refractivity contribution in [2.75, 3.05) is 0 Å². The Bertz CT molecular complexity index is 356. The maximum atomic E-state index is 10.4. The summed E-state index contributed by atoms with van der Waals surface area (Å²) in [5, 5.41) is 0. The number of aromatic nitrogens is 2. The maximum absolute atomic E-state index is 10.4. The van der Waals surface area contributed by atoms with Crippen molar-refractivity contribution in [3.05, 3.63) is 36.3 Å². The summed E-state index contributed by atoms with van der Waals surface area (Å²) in [4.78, 5) is 18.4. The van der Waals surface area contributed by atoms with Crippen molar-refractivity contribution < 1.29 is 4.79 Å². The van der Waals surface area contributed by atoms with Gasteiger partial charge in [0.25, 0.3) is 0 Å². The van der Waals surface area contributed by atoms with E-state index in [1.807, 2.05) is 6.07 Å².